The third-order valence-corrected chi connectivity index (χ3v) is 4.05. The molecule has 0 aromatic heterocycles. The maximum Gasteiger partial charge on any atom is 0.232 e. The van der Waals surface area contributed by atoms with E-state index in [1.807, 2.05) is 17.0 Å². The molecular formula is C13H15N3OS. The van der Waals surface area contributed by atoms with Gasteiger partial charge in [-0.2, -0.15) is 5.26 Å². The van der Waals surface area contributed by atoms with Crippen LogP contribution >= 0.6 is 11.8 Å². The van der Waals surface area contributed by atoms with E-state index in [-0.39, 0.29) is 5.91 Å². The number of hydrogen-bond donors (Lipinski definition) is 1. The summed E-state index contributed by atoms with van der Waals surface area (Å²) in [6.45, 7) is 1.74. The first-order chi connectivity index (χ1) is 8.72. The molecule has 1 saturated heterocycles. The van der Waals surface area contributed by atoms with E-state index >= 15 is 0 Å². The van der Waals surface area contributed by atoms with Gasteiger partial charge in [-0.05, 0) is 25.0 Å². The van der Waals surface area contributed by atoms with E-state index in [9.17, 15) is 4.79 Å². The summed E-state index contributed by atoms with van der Waals surface area (Å²) in [6, 6.07) is 7.36. The van der Waals surface area contributed by atoms with Gasteiger partial charge in [-0.25, -0.2) is 0 Å². The molecule has 4 nitrogen and oxygen atoms in total. The Labute approximate surface area is 111 Å². The average molecular weight is 261 g/mol. The van der Waals surface area contributed by atoms with Gasteiger partial charge in [0.25, 0.3) is 0 Å². The average Bonchev–Trinajstić information content (AvgIpc) is 2.91. The minimum atomic E-state index is 0.152. The van der Waals surface area contributed by atoms with Crippen molar-refractivity contribution < 1.29 is 4.79 Å². The van der Waals surface area contributed by atoms with E-state index in [0.717, 1.165) is 30.8 Å². The van der Waals surface area contributed by atoms with Gasteiger partial charge in [0.05, 0.1) is 17.0 Å². The number of thioether (sulfide) groups is 1. The molecule has 0 saturated carbocycles. The van der Waals surface area contributed by atoms with E-state index < -0.39 is 0 Å². The maximum atomic E-state index is 11.9. The summed E-state index contributed by atoms with van der Waals surface area (Å²) >= 11 is 1.40. The Balaban J connectivity index is 1.98. The maximum absolute atomic E-state index is 11.9. The predicted molar refractivity (Wildman–Crippen MR) is 72.1 cm³/mol. The molecule has 0 radical (unpaired) electrons. The van der Waals surface area contributed by atoms with Crippen molar-refractivity contribution in [1.29, 1.82) is 5.26 Å². The molecule has 1 aromatic rings. The number of rotatable bonds is 3. The van der Waals surface area contributed by atoms with Crippen molar-refractivity contribution in [2.75, 3.05) is 24.6 Å². The lowest BCUT2D eigenvalue weighted by Crippen LogP contribution is -2.29. The summed E-state index contributed by atoms with van der Waals surface area (Å²) in [5.74, 6) is 0.540. The van der Waals surface area contributed by atoms with Crippen LogP contribution in [0.1, 0.15) is 18.4 Å². The highest BCUT2D eigenvalue weighted by Crippen LogP contribution is 2.27. The molecule has 0 atom stereocenters. The van der Waals surface area contributed by atoms with E-state index in [2.05, 4.69) is 0 Å². The van der Waals surface area contributed by atoms with Crippen LogP contribution in [0.25, 0.3) is 0 Å². The number of nitriles is 1. The van der Waals surface area contributed by atoms with Gasteiger partial charge in [-0.3, -0.25) is 4.79 Å². The molecule has 1 heterocycles. The van der Waals surface area contributed by atoms with Crippen LogP contribution in [-0.2, 0) is 4.79 Å². The highest BCUT2D eigenvalue weighted by Gasteiger charge is 2.18. The predicted octanol–water partition coefficient (Wildman–Crippen LogP) is 1.85. The monoisotopic (exact) mass is 261 g/mol. The van der Waals surface area contributed by atoms with Crippen molar-refractivity contribution in [3.8, 4) is 6.07 Å². The van der Waals surface area contributed by atoms with Gasteiger partial charge in [0.1, 0.15) is 6.07 Å². The summed E-state index contributed by atoms with van der Waals surface area (Å²) in [4.78, 5) is 14.6. The standard InChI is InChI=1S/C13H15N3OS/c14-8-10-4-3-5-11(13(10)15)18-9-12(17)16-6-1-2-7-16/h3-5H,1-2,6-7,9,15H2. The lowest BCUT2D eigenvalue weighted by Gasteiger charge is -2.15. The summed E-state index contributed by atoms with van der Waals surface area (Å²) in [6.07, 6.45) is 2.20. The van der Waals surface area contributed by atoms with Gasteiger partial charge in [-0.1, -0.05) is 6.07 Å². The number of carbonyl (C=O) groups excluding carboxylic acids is 1. The van der Waals surface area contributed by atoms with Crippen molar-refractivity contribution in [1.82, 2.24) is 4.90 Å². The first-order valence-electron chi connectivity index (χ1n) is 5.91. The second-order valence-corrected chi connectivity index (χ2v) is 5.22. The number of nitrogen functional groups attached to an aromatic ring is 1. The Hall–Kier alpha value is -1.67. The third-order valence-electron chi connectivity index (χ3n) is 3.00. The zero-order valence-electron chi connectivity index (χ0n) is 10.1. The Bertz CT molecular complexity index is 489. The highest BCUT2D eigenvalue weighted by atomic mass is 32.2. The van der Waals surface area contributed by atoms with Crippen molar-refractivity contribution in [3.05, 3.63) is 23.8 Å². The fourth-order valence-electron chi connectivity index (χ4n) is 1.96. The van der Waals surface area contributed by atoms with Crippen LogP contribution in [0, 0.1) is 11.3 Å². The zero-order valence-corrected chi connectivity index (χ0v) is 10.9. The fraction of sp³-hybridized carbons (Fsp3) is 0.385. The largest absolute Gasteiger partial charge is 0.397 e. The van der Waals surface area contributed by atoms with Gasteiger partial charge in [0.2, 0.25) is 5.91 Å². The van der Waals surface area contributed by atoms with Crippen LogP contribution in [0.5, 0.6) is 0 Å². The zero-order chi connectivity index (χ0) is 13.0. The molecule has 1 aliphatic rings. The first kappa shape index (κ1) is 12.8. The van der Waals surface area contributed by atoms with Gasteiger partial charge in [-0.15, -0.1) is 11.8 Å². The molecule has 1 aliphatic heterocycles. The summed E-state index contributed by atoms with van der Waals surface area (Å²) < 4.78 is 0. The van der Waals surface area contributed by atoms with E-state index in [0.29, 0.717) is 17.0 Å². The smallest absolute Gasteiger partial charge is 0.232 e. The minimum absolute atomic E-state index is 0.152. The number of anilines is 1. The molecule has 5 heteroatoms. The second-order valence-electron chi connectivity index (χ2n) is 4.21. The molecule has 0 unspecified atom stereocenters. The molecule has 0 bridgehead atoms. The van der Waals surface area contributed by atoms with Crippen LogP contribution in [0.3, 0.4) is 0 Å². The van der Waals surface area contributed by atoms with Gasteiger partial charge >= 0.3 is 0 Å². The van der Waals surface area contributed by atoms with Crippen LogP contribution in [0.4, 0.5) is 5.69 Å². The molecule has 0 aliphatic carbocycles. The first-order valence-corrected chi connectivity index (χ1v) is 6.90. The van der Waals surface area contributed by atoms with Crippen LogP contribution in [-0.4, -0.2) is 29.6 Å². The molecule has 2 rings (SSSR count). The molecule has 0 spiro atoms. The molecule has 18 heavy (non-hydrogen) atoms. The summed E-state index contributed by atoms with van der Waals surface area (Å²) in [7, 11) is 0. The molecule has 1 aromatic carbocycles. The van der Waals surface area contributed by atoms with Crippen LogP contribution < -0.4 is 5.73 Å². The van der Waals surface area contributed by atoms with E-state index in [4.69, 9.17) is 11.0 Å². The van der Waals surface area contributed by atoms with E-state index in [1.165, 1.54) is 11.8 Å². The number of benzene rings is 1. The molecule has 2 N–H and O–H groups in total. The number of para-hydroxylation sites is 1. The van der Waals surface area contributed by atoms with Gasteiger partial charge in [0.15, 0.2) is 0 Å². The Kier molecular flexibility index (Phi) is 4.11. The SMILES string of the molecule is N#Cc1cccc(SCC(=O)N2CCCC2)c1N. The quantitative estimate of drug-likeness (QED) is 0.666. The molecule has 94 valence electrons. The van der Waals surface area contributed by atoms with Crippen molar-refractivity contribution >= 4 is 23.4 Å². The van der Waals surface area contributed by atoms with Crippen molar-refractivity contribution in [3.63, 3.8) is 0 Å². The fourth-order valence-corrected chi connectivity index (χ4v) is 2.87. The number of hydrogen-bond acceptors (Lipinski definition) is 4. The Morgan fingerprint density at radius 2 is 2.17 bits per heavy atom. The Morgan fingerprint density at radius 1 is 1.44 bits per heavy atom. The number of likely N-dealkylation sites (tertiary alicyclic amines) is 1. The normalized spacial score (nSPS) is 14.5. The molecule has 1 fully saturated rings. The highest BCUT2D eigenvalue weighted by molar-refractivity contribution is 8.00. The number of nitrogens with two attached hydrogens (primary N) is 1. The van der Waals surface area contributed by atoms with Crippen LogP contribution in [0.2, 0.25) is 0 Å². The van der Waals surface area contributed by atoms with Gasteiger partial charge < -0.3 is 10.6 Å². The summed E-state index contributed by atoms with van der Waals surface area (Å²) in [5, 5.41) is 8.88. The topological polar surface area (TPSA) is 70.1 Å². The molecule has 1 amide bonds. The second kappa shape index (κ2) is 5.78. The lowest BCUT2D eigenvalue weighted by atomic mass is 10.2. The minimum Gasteiger partial charge on any atom is -0.397 e. The Morgan fingerprint density at radius 3 is 2.83 bits per heavy atom. The van der Waals surface area contributed by atoms with Crippen molar-refractivity contribution in [2.24, 2.45) is 0 Å². The number of carbonyl (C=O) groups is 1. The number of nitrogens with zero attached hydrogens (tertiary/aromatic N) is 2. The van der Waals surface area contributed by atoms with Gasteiger partial charge in [0, 0.05) is 18.0 Å². The number of amides is 1. The van der Waals surface area contributed by atoms with Crippen LogP contribution in [0.15, 0.2) is 23.1 Å². The summed E-state index contributed by atoms with van der Waals surface area (Å²) in [5.41, 5.74) is 6.80. The third kappa shape index (κ3) is 2.77. The lowest BCUT2D eigenvalue weighted by molar-refractivity contribution is -0.127. The molecular weight excluding hydrogens is 246 g/mol. The van der Waals surface area contributed by atoms with E-state index in [1.54, 1.807) is 12.1 Å². The van der Waals surface area contributed by atoms with Crippen molar-refractivity contribution in [2.45, 2.75) is 17.7 Å².